The van der Waals surface area contributed by atoms with Gasteiger partial charge in [-0.25, -0.2) is 0 Å². The van der Waals surface area contributed by atoms with E-state index in [1.165, 1.54) is 0 Å². The molecular weight excluding hydrogens is 558 g/mol. The lowest BCUT2D eigenvalue weighted by Gasteiger charge is -2.34. The Balaban J connectivity index is 1.38. The molecule has 0 aromatic heterocycles. The molecule has 9 heteroatoms. The van der Waals surface area contributed by atoms with Gasteiger partial charge in [-0.15, -0.1) is 0 Å². The van der Waals surface area contributed by atoms with Crippen molar-refractivity contribution in [2.75, 3.05) is 52.5 Å². The van der Waals surface area contributed by atoms with Gasteiger partial charge < -0.3 is 35.3 Å². The lowest BCUT2D eigenvalue weighted by molar-refractivity contribution is 0.0483. The van der Waals surface area contributed by atoms with Gasteiger partial charge in [0.2, 0.25) is 0 Å². The van der Waals surface area contributed by atoms with Crippen LogP contribution in [0.25, 0.3) is 0 Å². The molecule has 2 saturated heterocycles. The van der Waals surface area contributed by atoms with Crippen molar-refractivity contribution in [1.82, 2.24) is 21.3 Å². The zero-order chi connectivity index (χ0) is 30.5. The minimum Gasteiger partial charge on any atom is -0.427 e. The third kappa shape index (κ3) is 8.93. The summed E-state index contributed by atoms with van der Waals surface area (Å²) >= 11 is 0. The first-order valence-electron chi connectivity index (χ1n) is 16.3. The van der Waals surface area contributed by atoms with Gasteiger partial charge in [0, 0.05) is 64.6 Å². The number of ether oxygens (including phenoxy) is 1. The van der Waals surface area contributed by atoms with Crippen molar-refractivity contribution >= 4 is 24.8 Å². The Labute approximate surface area is 268 Å². The summed E-state index contributed by atoms with van der Waals surface area (Å²) in [5, 5.41) is 14.2. The predicted octanol–water partition coefficient (Wildman–Crippen LogP) is 2.52. The molecule has 4 aromatic carbocycles. The van der Waals surface area contributed by atoms with Crippen LogP contribution < -0.4 is 32.2 Å². The first-order chi connectivity index (χ1) is 22.3. The van der Waals surface area contributed by atoms with E-state index >= 15 is 0 Å². The van der Waals surface area contributed by atoms with Gasteiger partial charge in [0.25, 0.3) is 0 Å². The van der Waals surface area contributed by atoms with E-state index in [1.807, 2.05) is 24.3 Å². The van der Waals surface area contributed by atoms with Gasteiger partial charge in [0.1, 0.15) is 0 Å². The number of piperazine rings is 2. The molecule has 4 unspecified atom stereocenters. The van der Waals surface area contributed by atoms with E-state index < -0.39 is 12.0 Å². The molecule has 7 nitrogen and oxygen atoms in total. The van der Waals surface area contributed by atoms with Crippen molar-refractivity contribution in [3.63, 3.8) is 0 Å². The molecule has 45 heavy (non-hydrogen) atoms. The number of hydrogen-bond donors (Lipinski definition) is 4. The first-order valence-corrected chi connectivity index (χ1v) is 16.3. The topological polar surface area (TPSA) is 75.8 Å². The van der Waals surface area contributed by atoms with Gasteiger partial charge in [-0.2, -0.15) is 0 Å². The Bertz CT molecular complexity index is 1270. The Morgan fingerprint density at radius 1 is 0.511 bits per heavy atom. The second-order valence-corrected chi connectivity index (χ2v) is 11.8. The average Bonchev–Trinajstić information content (AvgIpc) is 3.13. The summed E-state index contributed by atoms with van der Waals surface area (Å²) in [5.74, 6) is 0. The maximum atomic E-state index is 7.41. The van der Waals surface area contributed by atoms with Crippen LogP contribution in [0.5, 0.6) is 0 Å². The fourth-order valence-electron chi connectivity index (χ4n) is 6.20. The van der Waals surface area contributed by atoms with Crippen LogP contribution >= 0.6 is 0 Å². The zero-order valence-corrected chi connectivity index (χ0v) is 25.9. The molecule has 0 bridgehead atoms. The summed E-state index contributed by atoms with van der Waals surface area (Å²) in [4.78, 5) is 0. The molecular formula is C36H44B2N4O3. The molecule has 2 fully saturated rings. The highest BCUT2D eigenvalue weighted by Gasteiger charge is 2.40. The molecule has 0 amide bonds. The second-order valence-electron chi connectivity index (χ2n) is 11.8. The molecule has 4 atom stereocenters. The summed E-state index contributed by atoms with van der Waals surface area (Å²) in [6, 6.07) is 41.5. The van der Waals surface area contributed by atoms with E-state index in [0.29, 0.717) is 13.2 Å². The van der Waals surface area contributed by atoms with E-state index in [4.69, 9.17) is 14.0 Å². The SMILES string of the molecule is c1ccc(B(OCC2CNCCN2)C(OC(B(OCC2CNCCN2)c2ccccc2)c2ccccc2)c2ccccc2)cc1. The largest absolute Gasteiger partial charge is 0.427 e. The Morgan fingerprint density at radius 3 is 1.24 bits per heavy atom. The molecule has 4 aromatic rings. The van der Waals surface area contributed by atoms with Crippen LogP contribution in [0.4, 0.5) is 0 Å². The van der Waals surface area contributed by atoms with Crippen molar-refractivity contribution in [3.8, 4) is 0 Å². The summed E-state index contributed by atoms with van der Waals surface area (Å²) in [6.07, 6.45) is 0. The summed E-state index contributed by atoms with van der Waals surface area (Å²) in [7, 11) is 0. The highest BCUT2D eigenvalue weighted by molar-refractivity contribution is 6.69. The predicted molar refractivity (Wildman–Crippen MR) is 184 cm³/mol. The molecule has 4 N–H and O–H groups in total. The summed E-state index contributed by atoms with van der Waals surface area (Å²) in [6.45, 7) is 6.00. The Hall–Kier alpha value is -3.27. The molecule has 2 aliphatic heterocycles. The number of benzene rings is 4. The highest BCUT2D eigenvalue weighted by atomic mass is 16.5. The summed E-state index contributed by atoms with van der Waals surface area (Å²) in [5.41, 5.74) is 4.28. The van der Waals surface area contributed by atoms with Gasteiger partial charge in [0.05, 0.1) is 12.0 Å². The third-order valence-electron chi connectivity index (χ3n) is 8.56. The third-order valence-corrected chi connectivity index (χ3v) is 8.56. The molecule has 0 saturated carbocycles. The first kappa shape index (κ1) is 31.7. The van der Waals surface area contributed by atoms with Gasteiger partial charge in [-0.05, 0) is 22.1 Å². The van der Waals surface area contributed by atoms with Crippen LogP contribution in [0.15, 0.2) is 121 Å². The van der Waals surface area contributed by atoms with E-state index in [2.05, 4.69) is 118 Å². The molecule has 0 spiro atoms. The van der Waals surface area contributed by atoms with Crippen LogP contribution in [0.3, 0.4) is 0 Å². The number of nitrogens with one attached hydrogen (secondary N) is 4. The lowest BCUT2D eigenvalue weighted by atomic mass is 9.51. The summed E-state index contributed by atoms with van der Waals surface area (Å²) < 4.78 is 21.2. The van der Waals surface area contributed by atoms with E-state index in [0.717, 1.165) is 61.3 Å². The number of hydrogen-bond acceptors (Lipinski definition) is 7. The normalized spacial score (nSPS) is 19.8. The van der Waals surface area contributed by atoms with Crippen molar-refractivity contribution in [2.45, 2.75) is 24.1 Å². The molecule has 2 aliphatic rings. The standard InChI is InChI=1S/C36H44B2N4O3/c1-5-13-29(14-6-1)35(37(31-17-9-3-10-18-31)43-27-33-25-39-21-23-41-33)45-36(30-15-7-2-8-16-30)38(32-19-11-4-12-20-32)44-28-34-26-40-22-24-42-34/h1-20,33-36,39-42H,21-28H2. The van der Waals surface area contributed by atoms with E-state index in [9.17, 15) is 0 Å². The zero-order valence-electron chi connectivity index (χ0n) is 25.9. The van der Waals surface area contributed by atoms with Crippen LogP contribution in [-0.2, 0) is 14.0 Å². The average molecular weight is 602 g/mol. The molecule has 0 radical (unpaired) electrons. The van der Waals surface area contributed by atoms with Gasteiger partial charge >= 0.3 is 13.8 Å². The molecule has 232 valence electrons. The fourth-order valence-corrected chi connectivity index (χ4v) is 6.20. The van der Waals surface area contributed by atoms with Crippen molar-refractivity contribution in [1.29, 1.82) is 0 Å². The monoisotopic (exact) mass is 602 g/mol. The van der Waals surface area contributed by atoms with Gasteiger partial charge in [0.15, 0.2) is 0 Å². The van der Waals surface area contributed by atoms with Crippen molar-refractivity contribution in [2.24, 2.45) is 0 Å². The minimum absolute atomic E-state index is 0.225. The minimum atomic E-state index is -0.403. The lowest BCUT2D eigenvalue weighted by Crippen LogP contribution is -2.54. The van der Waals surface area contributed by atoms with Crippen molar-refractivity contribution < 1.29 is 14.0 Å². The fraction of sp³-hybridized carbons (Fsp3) is 0.333. The maximum Gasteiger partial charge on any atom is 0.361 e. The molecule has 0 aliphatic carbocycles. The Morgan fingerprint density at radius 2 is 0.889 bits per heavy atom. The van der Waals surface area contributed by atoms with Gasteiger partial charge in [-0.1, -0.05) is 121 Å². The Kier molecular flexibility index (Phi) is 11.9. The molecule has 6 rings (SSSR count). The van der Waals surface area contributed by atoms with Gasteiger partial charge in [-0.3, -0.25) is 0 Å². The van der Waals surface area contributed by atoms with Crippen LogP contribution in [0, 0.1) is 0 Å². The van der Waals surface area contributed by atoms with E-state index in [-0.39, 0.29) is 25.9 Å². The smallest absolute Gasteiger partial charge is 0.361 e. The quantitative estimate of drug-likeness (QED) is 0.166. The molecule has 2 heterocycles. The highest BCUT2D eigenvalue weighted by Crippen LogP contribution is 2.32. The van der Waals surface area contributed by atoms with Crippen LogP contribution in [0.1, 0.15) is 23.1 Å². The van der Waals surface area contributed by atoms with E-state index in [1.54, 1.807) is 0 Å². The maximum absolute atomic E-state index is 7.41. The van der Waals surface area contributed by atoms with Crippen LogP contribution in [0.2, 0.25) is 0 Å². The number of rotatable bonds is 14. The van der Waals surface area contributed by atoms with Crippen LogP contribution in [-0.4, -0.2) is 78.4 Å². The second kappa shape index (κ2) is 16.9. The van der Waals surface area contributed by atoms with Crippen molar-refractivity contribution in [3.05, 3.63) is 132 Å².